The Morgan fingerprint density at radius 2 is 1.06 bits per heavy atom. The molecule has 0 saturated carbocycles. The van der Waals surface area contributed by atoms with Gasteiger partial charge in [-0.25, -0.2) is 0 Å². The highest BCUT2D eigenvalue weighted by Crippen LogP contribution is 2.47. The molecule has 2 rings (SSSR count). The maximum atomic E-state index is 9.30. The smallest absolute Gasteiger partial charge is 0.119 e. The fourth-order valence-electron chi connectivity index (χ4n) is 4.17. The van der Waals surface area contributed by atoms with Crippen molar-refractivity contribution in [2.24, 2.45) is 16.2 Å². The van der Waals surface area contributed by atoms with Gasteiger partial charge in [0.25, 0.3) is 0 Å². The molecule has 0 heterocycles. The summed E-state index contributed by atoms with van der Waals surface area (Å²) in [5, 5.41) is 18.4. The quantitative estimate of drug-likeness (QED) is 0.307. The number of aliphatic hydroxyl groups excluding tert-OH is 2. The second-order valence-electron chi connectivity index (χ2n) is 11.7. The third-order valence-corrected chi connectivity index (χ3v) is 6.43. The molecule has 0 aliphatic rings. The Labute approximate surface area is 217 Å². The second kappa shape index (κ2) is 14.0. The van der Waals surface area contributed by atoms with E-state index in [1.807, 2.05) is 48.5 Å². The van der Waals surface area contributed by atoms with Gasteiger partial charge in [-0.05, 0) is 52.6 Å². The molecule has 1 atom stereocenters. The van der Waals surface area contributed by atoms with E-state index < -0.39 is 0 Å². The number of rotatable bonds is 15. The first-order valence-electron chi connectivity index (χ1n) is 12.8. The molecule has 0 radical (unpaired) electrons. The number of benzene rings is 2. The molecule has 0 aliphatic carbocycles. The highest BCUT2D eigenvalue weighted by molar-refractivity contribution is 5.27. The molecule has 0 fully saturated rings. The standard InChI is InChI=1S/C30H46O6/c1-28(2,3)21-30(29(4,5)6,23-36-27-13-9-25(20-32)10-14-27)22-34-16-15-33-17-18-35-26-11-7-24(19-31)8-12-26/h7-14,31-32H,15-23H2,1-6H3. The lowest BCUT2D eigenvalue weighted by atomic mass is 9.61. The lowest BCUT2D eigenvalue weighted by molar-refractivity contribution is -0.0857. The van der Waals surface area contributed by atoms with Gasteiger partial charge in [0.2, 0.25) is 0 Å². The topological polar surface area (TPSA) is 77.4 Å². The van der Waals surface area contributed by atoms with Crippen molar-refractivity contribution in [3.05, 3.63) is 59.7 Å². The van der Waals surface area contributed by atoms with Gasteiger partial charge in [0.05, 0.1) is 46.2 Å². The zero-order valence-corrected chi connectivity index (χ0v) is 23.0. The van der Waals surface area contributed by atoms with E-state index in [2.05, 4.69) is 41.5 Å². The second-order valence-corrected chi connectivity index (χ2v) is 11.7. The van der Waals surface area contributed by atoms with Crippen molar-refractivity contribution < 1.29 is 29.2 Å². The summed E-state index contributed by atoms with van der Waals surface area (Å²) in [7, 11) is 0. The third-order valence-electron chi connectivity index (χ3n) is 6.43. The molecule has 2 aromatic rings. The molecule has 0 bridgehead atoms. The van der Waals surface area contributed by atoms with Crippen LogP contribution >= 0.6 is 0 Å². The van der Waals surface area contributed by atoms with Crippen LogP contribution in [0.25, 0.3) is 0 Å². The van der Waals surface area contributed by atoms with Crippen LogP contribution in [0.2, 0.25) is 0 Å². The zero-order chi connectivity index (χ0) is 26.7. The van der Waals surface area contributed by atoms with E-state index in [-0.39, 0.29) is 29.5 Å². The van der Waals surface area contributed by atoms with Crippen molar-refractivity contribution in [2.75, 3.05) is 39.6 Å². The van der Waals surface area contributed by atoms with Gasteiger partial charge in [-0.1, -0.05) is 65.8 Å². The van der Waals surface area contributed by atoms with Crippen LogP contribution in [0.4, 0.5) is 0 Å². The molecule has 2 aromatic carbocycles. The van der Waals surface area contributed by atoms with Gasteiger partial charge in [0, 0.05) is 5.41 Å². The highest BCUT2D eigenvalue weighted by Gasteiger charge is 2.45. The Balaban J connectivity index is 1.86. The largest absolute Gasteiger partial charge is 0.493 e. The Bertz CT molecular complexity index is 864. The van der Waals surface area contributed by atoms with Crippen LogP contribution < -0.4 is 9.47 Å². The molecule has 0 amide bonds. The van der Waals surface area contributed by atoms with E-state index >= 15 is 0 Å². The van der Waals surface area contributed by atoms with Crippen LogP contribution in [0.15, 0.2) is 48.5 Å². The minimum atomic E-state index is -0.204. The first kappa shape index (κ1) is 30.1. The monoisotopic (exact) mass is 502 g/mol. The molecule has 0 aromatic heterocycles. The van der Waals surface area contributed by atoms with Crippen molar-refractivity contribution in [3.8, 4) is 11.5 Å². The minimum absolute atomic E-state index is 0.0238. The summed E-state index contributed by atoms with van der Waals surface area (Å²) in [5.41, 5.74) is 1.58. The highest BCUT2D eigenvalue weighted by atomic mass is 16.5. The fraction of sp³-hybridized carbons (Fsp3) is 0.600. The fourth-order valence-corrected chi connectivity index (χ4v) is 4.17. The lowest BCUT2D eigenvalue weighted by Crippen LogP contribution is -2.47. The molecule has 202 valence electrons. The molecule has 6 heteroatoms. The summed E-state index contributed by atoms with van der Waals surface area (Å²) >= 11 is 0. The summed E-state index contributed by atoms with van der Waals surface area (Å²) < 4.78 is 23.9. The Morgan fingerprint density at radius 3 is 1.53 bits per heavy atom. The van der Waals surface area contributed by atoms with E-state index in [0.717, 1.165) is 29.0 Å². The van der Waals surface area contributed by atoms with Crippen LogP contribution in [0, 0.1) is 16.2 Å². The summed E-state index contributed by atoms with van der Waals surface area (Å²) in [6.07, 6.45) is 0.946. The van der Waals surface area contributed by atoms with Gasteiger partial charge in [-0.15, -0.1) is 0 Å². The Morgan fingerprint density at radius 1 is 0.583 bits per heavy atom. The Hall–Kier alpha value is -2.12. The van der Waals surface area contributed by atoms with Crippen molar-refractivity contribution in [3.63, 3.8) is 0 Å². The number of ether oxygens (including phenoxy) is 4. The molecule has 36 heavy (non-hydrogen) atoms. The van der Waals surface area contributed by atoms with Gasteiger partial charge in [0.1, 0.15) is 18.1 Å². The summed E-state index contributed by atoms with van der Waals surface area (Å²) in [6.45, 7) is 16.6. The summed E-state index contributed by atoms with van der Waals surface area (Å²) in [6, 6.07) is 15.0. The average Bonchev–Trinajstić information content (AvgIpc) is 2.83. The maximum absolute atomic E-state index is 9.30. The van der Waals surface area contributed by atoms with Crippen LogP contribution in [0.5, 0.6) is 11.5 Å². The molecular weight excluding hydrogens is 456 g/mol. The Kier molecular flexibility index (Phi) is 11.7. The van der Waals surface area contributed by atoms with Crippen molar-refractivity contribution in [1.82, 2.24) is 0 Å². The predicted molar refractivity (Wildman–Crippen MR) is 143 cm³/mol. The molecule has 6 nitrogen and oxygen atoms in total. The van der Waals surface area contributed by atoms with E-state index in [9.17, 15) is 5.11 Å². The van der Waals surface area contributed by atoms with Crippen LogP contribution in [0.1, 0.15) is 59.1 Å². The molecule has 0 spiro atoms. The number of aliphatic hydroxyl groups is 2. The van der Waals surface area contributed by atoms with Crippen molar-refractivity contribution in [1.29, 1.82) is 0 Å². The van der Waals surface area contributed by atoms with E-state index in [1.54, 1.807) is 0 Å². The van der Waals surface area contributed by atoms with Gasteiger partial charge in [-0.3, -0.25) is 0 Å². The van der Waals surface area contributed by atoms with Gasteiger partial charge in [-0.2, -0.15) is 0 Å². The summed E-state index contributed by atoms with van der Waals surface area (Å²) in [5.74, 6) is 1.55. The SMILES string of the molecule is CC(C)(C)CC(COCCOCCOc1ccc(CO)cc1)(COc1ccc(CO)cc1)C(C)(C)C. The van der Waals surface area contributed by atoms with Gasteiger partial charge in [0.15, 0.2) is 0 Å². The number of hydrogen-bond acceptors (Lipinski definition) is 6. The molecule has 0 saturated heterocycles. The van der Waals surface area contributed by atoms with Gasteiger partial charge >= 0.3 is 0 Å². The molecule has 0 aliphatic heterocycles. The molecule has 2 N–H and O–H groups in total. The third kappa shape index (κ3) is 10.1. The number of hydrogen-bond donors (Lipinski definition) is 2. The predicted octanol–water partition coefficient (Wildman–Crippen LogP) is 5.63. The first-order chi connectivity index (χ1) is 17.0. The lowest BCUT2D eigenvalue weighted by Gasteiger charge is -2.47. The van der Waals surface area contributed by atoms with E-state index in [4.69, 9.17) is 24.1 Å². The normalized spacial score (nSPS) is 13.9. The van der Waals surface area contributed by atoms with E-state index in [1.165, 1.54) is 0 Å². The van der Waals surface area contributed by atoms with Crippen LogP contribution in [0.3, 0.4) is 0 Å². The maximum Gasteiger partial charge on any atom is 0.119 e. The minimum Gasteiger partial charge on any atom is -0.493 e. The summed E-state index contributed by atoms with van der Waals surface area (Å²) in [4.78, 5) is 0. The molecule has 1 unspecified atom stereocenters. The first-order valence-corrected chi connectivity index (χ1v) is 12.8. The van der Waals surface area contributed by atoms with E-state index in [0.29, 0.717) is 39.6 Å². The van der Waals surface area contributed by atoms with Gasteiger partial charge < -0.3 is 29.2 Å². The van der Waals surface area contributed by atoms with Crippen LogP contribution in [-0.4, -0.2) is 49.9 Å². The zero-order valence-electron chi connectivity index (χ0n) is 23.0. The molecular formula is C30H46O6. The van der Waals surface area contributed by atoms with Crippen molar-refractivity contribution >= 4 is 0 Å². The van der Waals surface area contributed by atoms with Crippen molar-refractivity contribution in [2.45, 2.75) is 61.2 Å². The average molecular weight is 503 g/mol. The van der Waals surface area contributed by atoms with Crippen LogP contribution in [-0.2, 0) is 22.7 Å².